The predicted molar refractivity (Wildman–Crippen MR) is 132 cm³/mol. The number of esters is 1. The van der Waals surface area contributed by atoms with Crippen LogP contribution in [0.25, 0.3) is 0 Å². The molecule has 0 atom stereocenters. The summed E-state index contributed by atoms with van der Waals surface area (Å²) in [5.74, 6) is -1.43. The highest BCUT2D eigenvalue weighted by Crippen LogP contribution is 2.20. The van der Waals surface area contributed by atoms with Crippen LogP contribution < -0.4 is 4.74 Å². The van der Waals surface area contributed by atoms with E-state index in [0.717, 1.165) is 6.42 Å². The molecule has 6 nitrogen and oxygen atoms in total. The van der Waals surface area contributed by atoms with E-state index in [1.807, 2.05) is 24.3 Å². The SMILES string of the molecule is CCCCCCCCc1ccc(OC(=O)c2ccccc2O)cc1.O=C(O)c1ccccc1O. The maximum absolute atomic E-state index is 12.0. The number of phenols is 2. The Morgan fingerprint density at radius 1 is 0.706 bits per heavy atom. The lowest BCUT2D eigenvalue weighted by Crippen LogP contribution is -2.08. The highest BCUT2D eigenvalue weighted by atomic mass is 16.5. The Balaban J connectivity index is 0.000000340. The van der Waals surface area contributed by atoms with E-state index in [1.54, 1.807) is 30.3 Å². The molecule has 0 aromatic heterocycles. The molecule has 3 N–H and O–H groups in total. The number of carbonyl (C=O) groups excluding carboxylic acids is 1. The van der Waals surface area contributed by atoms with Crippen LogP contribution in [-0.4, -0.2) is 27.3 Å². The maximum Gasteiger partial charge on any atom is 0.347 e. The fraction of sp³-hybridized carbons (Fsp3) is 0.286. The van der Waals surface area contributed by atoms with Crippen molar-refractivity contribution in [3.8, 4) is 17.2 Å². The van der Waals surface area contributed by atoms with Crippen molar-refractivity contribution in [1.29, 1.82) is 0 Å². The number of para-hydroxylation sites is 2. The molecule has 6 heteroatoms. The summed E-state index contributed by atoms with van der Waals surface area (Å²) in [6.07, 6.45) is 8.77. The van der Waals surface area contributed by atoms with Gasteiger partial charge in [0.25, 0.3) is 0 Å². The Labute approximate surface area is 200 Å². The van der Waals surface area contributed by atoms with Crippen LogP contribution in [0, 0.1) is 0 Å². The van der Waals surface area contributed by atoms with Crippen LogP contribution in [0.4, 0.5) is 0 Å². The highest BCUT2D eigenvalue weighted by Gasteiger charge is 2.12. The van der Waals surface area contributed by atoms with Crippen molar-refractivity contribution < 1.29 is 29.6 Å². The van der Waals surface area contributed by atoms with Crippen molar-refractivity contribution in [3.63, 3.8) is 0 Å². The van der Waals surface area contributed by atoms with E-state index in [4.69, 9.17) is 14.9 Å². The van der Waals surface area contributed by atoms with Gasteiger partial charge in [0.1, 0.15) is 28.4 Å². The molecule has 0 saturated heterocycles. The predicted octanol–water partition coefficient (Wildman–Crippen LogP) is 6.60. The van der Waals surface area contributed by atoms with Crippen LogP contribution in [-0.2, 0) is 6.42 Å². The van der Waals surface area contributed by atoms with Crippen LogP contribution in [0.5, 0.6) is 17.2 Å². The third-order valence-electron chi connectivity index (χ3n) is 5.21. The average Bonchev–Trinajstić information content (AvgIpc) is 2.83. The number of aromatic hydroxyl groups is 2. The van der Waals surface area contributed by atoms with Gasteiger partial charge in [0.2, 0.25) is 0 Å². The van der Waals surface area contributed by atoms with Crippen molar-refractivity contribution in [2.75, 3.05) is 0 Å². The lowest BCUT2D eigenvalue weighted by molar-refractivity contribution is 0.0691. The zero-order valence-electron chi connectivity index (χ0n) is 19.4. The molecular formula is C28H32O6. The maximum atomic E-state index is 12.0. The monoisotopic (exact) mass is 464 g/mol. The molecule has 0 fully saturated rings. The summed E-state index contributed by atoms with van der Waals surface area (Å²) in [7, 11) is 0. The molecule has 0 bridgehead atoms. The fourth-order valence-corrected chi connectivity index (χ4v) is 3.30. The number of carbonyl (C=O) groups is 2. The van der Waals surface area contributed by atoms with Gasteiger partial charge >= 0.3 is 11.9 Å². The number of unbranched alkanes of at least 4 members (excludes halogenated alkanes) is 5. The molecule has 0 unspecified atom stereocenters. The first-order valence-corrected chi connectivity index (χ1v) is 11.5. The zero-order chi connectivity index (χ0) is 24.8. The van der Waals surface area contributed by atoms with E-state index in [1.165, 1.54) is 62.3 Å². The number of aromatic carboxylic acids is 1. The molecule has 180 valence electrons. The fourth-order valence-electron chi connectivity index (χ4n) is 3.30. The number of carboxylic acid groups (broad SMARTS) is 1. The van der Waals surface area contributed by atoms with Crippen LogP contribution in [0.15, 0.2) is 72.8 Å². The van der Waals surface area contributed by atoms with E-state index < -0.39 is 11.9 Å². The van der Waals surface area contributed by atoms with Gasteiger partial charge in [0.05, 0.1) is 0 Å². The highest BCUT2D eigenvalue weighted by molar-refractivity contribution is 5.93. The van der Waals surface area contributed by atoms with E-state index in [9.17, 15) is 14.7 Å². The summed E-state index contributed by atoms with van der Waals surface area (Å²) in [5, 5.41) is 27.0. The van der Waals surface area contributed by atoms with Crippen molar-refractivity contribution in [2.24, 2.45) is 0 Å². The van der Waals surface area contributed by atoms with Gasteiger partial charge in [-0.05, 0) is 54.8 Å². The Kier molecular flexibility index (Phi) is 11.2. The van der Waals surface area contributed by atoms with Gasteiger partial charge in [-0.1, -0.05) is 75.4 Å². The molecule has 34 heavy (non-hydrogen) atoms. The van der Waals surface area contributed by atoms with Crippen LogP contribution in [0.2, 0.25) is 0 Å². The van der Waals surface area contributed by atoms with Crippen LogP contribution in [0.3, 0.4) is 0 Å². The first-order valence-electron chi connectivity index (χ1n) is 11.5. The summed E-state index contributed by atoms with van der Waals surface area (Å²) in [5.41, 5.74) is 1.36. The number of hydrogen-bond donors (Lipinski definition) is 3. The minimum Gasteiger partial charge on any atom is -0.507 e. The number of hydrogen-bond acceptors (Lipinski definition) is 5. The molecule has 3 rings (SSSR count). The van der Waals surface area contributed by atoms with Gasteiger partial charge in [-0.2, -0.15) is 0 Å². The molecule has 3 aromatic carbocycles. The minimum atomic E-state index is -1.11. The molecule has 0 amide bonds. The molecule has 0 spiro atoms. The van der Waals surface area contributed by atoms with Gasteiger partial charge in [-0.15, -0.1) is 0 Å². The van der Waals surface area contributed by atoms with E-state index in [2.05, 4.69) is 6.92 Å². The topological polar surface area (TPSA) is 104 Å². The Bertz CT molecular complexity index is 1040. The quantitative estimate of drug-likeness (QED) is 0.177. The lowest BCUT2D eigenvalue weighted by Gasteiger charge is -2.07. The largest absolute Gasteiger partial charge is 0.507 e. The molecule has 0 aliphatic heterocycles. The molecule has 0 aliphatic rings. The number of benzene rings is 3. The molecular weight excluding hydrogens is 432 g/mol. The minimum absolute atomic E-state index is 0.0671. The Morgan fingerprint density at radius 3 is 1.76 bits per heavy atom. The zero-order valence-corrected chi connectivity index (χ0v) is 19.4. The number of aryl methyl sites for hydroxylation is 1. The molecule has 0 radical (unpaired) electrons. The summed E-state index contributed by atoms with van der Waals surface area (Å²) in [4.78, 5) is 22.3. The molecule has 0 saturated carbocycles. The third-order valence-corrected chi connectivity index (χ3v) is 5.21. The standard InChI is InChI=1S/C21H26O3.C7H6O3/c1-2-3-4-5-6-7-10-17-13-15-18(16-14-17)24-21(23)19-11-8-9-12-20(19)22;8-6-4-2-1-3-5(6)7(9)10/h8-9,11-16,22H,2-7,10H2,1H3;1-4,8H,(H,9,10). The smallest absolute Gasteiger partial charge is 0.347 e. The second-order valence-corrected chi connectivity index (χ2v) is 7.89. The number of rotatable bonds is 10. The average molecular weight is 465 g/mol. The van der Waals surface area contributed by atoms with Gasteiger partial charge in [-0.25, -0.2) is 9.59 Å². The summed E-state index contributed by atoms with van der Waals surface area (Å²) >= 11 is 0. The molecule has 3 aromatic rings. The second kappa shape index (κ2) is 14.4. The number of ether oxygens (including phenoxy) is 1. The summed E-state index contributed by atoms with van der Waals surface area (Å²) in [6, 6.07) is 19.8. The van der Waals surface area contributed by atoms with Gasteiger partial charge in [-0.3, -0.25) is 0 Å². The van der Waals surface area contributed by atoms with Gasteiger partial charge in [0.15, 0.2) is 0 Å². The lowest BCUT2D eigenvalue weighted by atomic mass is 10.0. The van der Waals surface area contributed by atoms with Crippen LogP contribution in [0.1, 0.15) is 71.7 Å². The summed E-state index contributed by atoms with van der Waals surface area (Å²) < 4.78 is 5.31. The Hall–Kier alpha value is -3.80. The summed E-state index contributed by atoms with van der Waals surface area (Å²) in [6.45, 7) is 2.23. The number of phenolic OH excluding ortho intramolecular Hbond substituents is 1. The van der Waals surface area contributed by atoms with Gasteiger partial charge in [0, 0.05) is 0 Å². The van der Waals surface area contributed by atoms with Crippen LogP contribution >= 0.6 is 0 Å². The Morgan fingerprint density at radius 2 is 1.24 bits per heavy atom. The number of carboxylic acids is 1. The molecule has 0 heterocycles. The van der Waals surface area contributed by atoms with E-state index >= 15 is 0 Å². The first kappa shape index (κ1) is 26.5. The second-order valence-electron chi connectivity index (χ2n) is 7.89. The van der Waals surface area contributed by atoms with Crippen molar-refractivity contribution >= 4 is 11.9 Å². The van der Waals surface area contributed by atoms with Gasteiger partial charge < -0.3 is 20.1 Å². The van der Waals surface area contributed by atoms with Crippen molar-refractivity contribution in [2.45, 2.75) is 51.9 Å². The van der Waals surface area contributed by atoms with Crippen molar-refractivity contribution in [3.05, 3.63) is 89.5 Å². The normalized spacial score (nSPS) is 10.1. The molecule has 0 aliphatic carbocycles. The van der Waals surface area contributed by atoms with E-state index in [0.29, 0.717) is 5.75 Å². The first-order chi connectivity index (χ1) is 16.4. The van der Waals surface area contributed by atoms with E-state index in [-0.39, 0.29) is 22.6 Å². The third kappa shape index (κ3) is 8.98. The van der Waals surface area contributed by atoms with Crippen molar-refractivity contribution in [1.82, 2.24) is 0 Å².